The van der Waals surface area contributed by atoms with Gasteiger partial charge in [0.25, 0.3) is 0 Å². The lowest BCUT2D eigenvalue weighted by Crippen LogP contribution is -2.24. The van der Waals surface area contributed by atoms with Gasteiger partial charge in [-0.3, -0.25) is 0 Å². The fourth-order valence-electron chi connectivity index (χ4n) is 1.64. The first-order chi connectivity index (χ1) is 7.58. The van der Waals surface area contributed by atoms with Crippen LogP contribution < -0.4 is 4.90 Å². The van der Waals surface area contributed by atoms with Gasteiger partial charge in [0.05, 0.1) is 12.0 Å². The first kappa shape index (κ1) is 13.0. The van der Waals surface area contributed by atoms with Crippen LogP contribution in [-0.2, 0) is 5.33 Å². The molecule has 0 bridgehead atoms. The lowest BCUT2D eigenvalue weighted by atomic mass is 10.1. The highest BCUT2D eigenvalue weighted by Crippen LogP contribution is 2.18. The summed E-state index contributed by atoms with van der Waals surface area (Å²) in [6.07, 6.45) is 1.87. The summed E-state index contributed by atoms with van der Waals surface area (Å²) in [6.45, 7) is 4.67. The summed E-state index contributed by atoms with van der Waals surface area (Å²) in [6, 6.07) is 4.35. The first-order valence-corrected chi connectivity index (χ1v) is 6.33. The molecule has 1 heterocycles. The Labute approximate surface area is 105 Å². The summed E-state index contributed by atoms with van der Waals surface area (Å²) in [5.74, 6) is 0.967. The predicted molar refractivity (Wildman–Crippen MR) is 69.7 cm³/mol. The van der Waals surface area contributed by atoms with E-state index in [0.29, 0.717) is 6.54 Å². The quantitative estimate of drug-likeness (QED) is 0.797. The van der Waals surface area contributed by atoms with Crippen LogP contribution in [0.25, 0.3) is 0 Å². The minimum absolute atomic E-state index is 0.0158. The van der Waals surface area contributed by atoms with Gasteiger partial charge in [0.2, 0.25) is 0 Å². The molecule has 0 radical (unpaired) electrons. The Morgan fingerprint density at radius 2 is 2.31 bits per heavy atom. The van der Waals surface area contributed by atoms with Gasteiger partial charge in [0.1, 0.15) is 5.82 Å². The standard InChI is InChI=1S/C12H16BrN3/c1-9(6-14)8-16(3)12-10(2)4-11(5-13)7-15-12/h4,7,9H,5,8H2,1-3H3. The van der Waals surface area contributed by atoms with Crippen LogP contribution in [0.2, 0.25) is 0 Å². The second-order valence-corrected chi connectivity index (χ2v) is 4.59. The van der Waals surface area contributed by atoms with E-state index in [0.717, 1.165) is 16.7 Å². The number of anilines is 1. The smallest absolute Gasteiger partial charge is 0.131 e. The van der Waals surface area contributed by atoms with Crippen molar-refractivity contribution in [3.8, 4) is 6.07 Å². The van der Waals surface area contributed by atoms with Crippen LogP contribution in [0.3, 0.4) is 0 Å². The van der Waals surface area contributed by atoms with E-state index in [2.05, 4.69) is 33.0 Å². The number of nitrogens with zero attached hydrogens (tertiary/aromatic N) is 3. The Morgan fingerprint density at radius 1 is 1.62 bits per heavy atom. The summed E-state index contributed by atoms with van der Waals surface area (Å²) in [5, 5.41) is 9.60. The fraction of sp³-hybridized carbons (Fsp3) is 0.500. The van der Waals surface area contributed by atoms with Gasteiger partial charge < -0.3 is 4.90 Å². The van der Waals surface area contributed by atoms with Gasteiger partial charge in [0.15, 0.2) is 0 Å². The van der Waals surface area contributed by atoms with Gasteiger partial charge in [0, 0.05) is 25.1 Å². The molecule has 1 aromatic heterocycles. The number of alkyl halides is 1. The summed E-state index contributed by atoms with van der Waals surface area (Å²) in [5.41, 5.74) is 2.31. The monoisotopic (exact) mass is 281 g/mol. The number of aryl methyl sites for hydroxylation is 1. The fourth-order valence-corrected chi connectivity index (χ4v) is 1.94. The highest BCUT2D eigenvalue weighted by atomic mass is 79.9. The van der Waals surface area contributed by atoms with Crippen molar-refractivity contribution in [3.63, 3.8) is 0 Å². The molecule has 1 rings (SSSR count). The number of halogens is 1. The van der Waals surface area contributed by atoms with Crippen molar-refractivity contribution in [2.45, 2.75) is 19.2 Å². The molecule has 1 unspecified atom stereocenters. The Balaban J connectivity index is 2.84. The molecule has 0 amide bonds. The Hall–Kier alpha value is -1.08. The van der Waals surface area contributed by atoms with Crippen molar-refractivity contribution in [1.29, 1.82) is 5.26 Å². The second kappa shape index (κ2) is 5.86. The number of pyridine rings is 1. The third-order valence-electron chi connectivity index (χ3n) is 2.39. The maximum absolute atomic E-state index is 8.78. The lowest BCUT2D eigenvalue weighted by Gasteiger charge is -2.21. The highest BCUT2D eigenvalue weighted by molar-refractivity contribution is 9.08. The zero-order chi connectivity index (χ0) is 12.1. The zero-order valence-corrected chi connectivity index (χ0v) is 11.5. The molecular formula is C12H16BrN3. The number of nitriles is 1. The average molecular weight is 282 g/mol. The van der Waals surface area contributed by atoms with Gasteiger partial charge in [-0.05, 0) is 25.0 Å². The van der Waals surface area contributed by atoms with Crippen LogP contribution in [0.5, 0.6) is 0 Å². The molecule has 0 aliphatic heterocycles. The molecule has 0 saturated heterocycles. The Morgan fingerprint density at radius 3 is 2.81 bits per heavy atom. The molecule has 0 aliphatic rings. The summed E-state index contributed by atoms with van der Waals surface area (Å²) >= 11 is 3.41. The molecule has 0 fully saturated rings. The number of aromatic nitrogens is 1. The van der Waals surface area contributed by atoms with Gasteiger partial charge in [-0.2, -0.15) is 5.26 Å². The number of rotatable bonds is 4. The summed E-state index contributed by atoms with van der Waals surface area (Å²) < 4.78 is 0. The average Bonchev–Trinajstić information content (AvgIpc) is 2.28. The minimum atomic E-state index is 0.0158. The Kier molecular flexibility index (Phi) is 4.75. The molecule has 1 aromatic rings. The molecule has 0 N–H and O–H groups in total. The van der Waals surface area contributed by atoms with Gasteiger partial charge in [-0.15, -0.1) is 0 Å². The lowest BCUT2D eigenvalue weighted by molar-refractivity contribution is 0.708. The molecule has 0 aliphatic carbocycles. The van der Waals surface area contributed by atoms with Crippen LogP contribution in [0, 0.1) is 24.2 Å². The van der Waals surface area contributed by atoms with E-state index < -0.39 is 0 Å². The molecule has 0 spiro atoms. The van der Waals surface area contributed by atoms with Crippen LogP contribution in [0.15, 0.2) is 12.3 Å². The maximum Gasteiger partial charge on any atom is 0.131 e. The van der Waals surface area contributed by atoms with E-state index in [9.17, 15) is 0 Å². The second-order valence-electron chi connectivity index (χ2n) is 4.03. The van der Waals surface area contributed by atoms with Gasteiger partial charge >= 0.3 is 0 Å². The van der Waals surface area contributed by atoms with Crippen LogP contribution in [0.1, 0.15) is 18.1 Å². The van der Waals surface area contributed by atoms with Crippen molar-refractivity contribution in [1.82, 2.24) is 4.98 Å². The largest absolute Gasteiger partial charge is 0.358 e. The van der Waals surface area contributed by atoms with E-state index in [1.165, 1.54) is 5.56 Å². The molecular weight excluding hydrogens is 266 g/mol. The van der Waals surface area contributed by atoms with Crippen LogP contribution >= 0.6 is 15.9 Å². The van der Waals surface area contributed by atoms with Crippen molar-refractivity contribution in [2.75, 3.05) is 18.5 Å². The predicted octanol–water partition coefficient (Wildman–Crippen LogP) is 2.88. The van der Waals surface area contributed by atoms with Crippen molar-refractivity contribution in [3.05, 3.63) is 23.4 Å². The van der Waals surface area contributed by atoms with Crippen LogP contribution in [0.4, 0.5) is 5.82 Å². The van der Waals surface area contributed by atoms with Gasteiger partial charge in [-0.1, -0.05) is 22.0 Å². The number of hydrogen-bond acceptors (Lipinski definition) is 3. The molecule has 86 valence electrons. The van der Waals surface area contributed by atoms with Crippen LogP contribution in [-0.4, -0.2) is 18.6 Å². The number of hydrogen-bond donors (Lipinski definition) is 0. The topological polar surface area (TPSA) is 39.9 Å². The minimum Gasteiger partial charge on any atom is -0.358 e. The highest BCUT2D eigenvalue weighted by Gasteiger charge is 2.10. The Bertz CT molecular complexity index is 398. The molecule has 16 heavy (non-hydrogen) atoms. The van der Waals surface area contributed by atoms with E-state index in [4.69, 9.17) is 5.26 Å². The van der Waals surface area contributed by atoms with Crippen molar-refractivity contribution in [2.24, 2.45) is 5.92 Å². The van der Waals surface area contributed by atoms with Crippen molar-refractivity contribution < 1.29 is 0 Å². The third kappa shape index (κ3) is 3.21. The zero-order valence-electron chi connectivity index (χ0n) is 9.87. The van der Waals surface area contributed by atoms with E-state index in [-0.39, 0.29) is 5.92 Å². The van der Waals surface area contributed by atoms with E-state index in [1.807, 2.05) is 32.0 Å². The third-order valence-corrected chi connectivity index (χ3v) is 3.04. The molecule has 3 nitrogen and oxygen atoms in total. The van der Waals surface area contributed by atoms with E-state index in [1.54, 1.807) is 0 Å². The molecule has 0 aromatic carbocycles. The summed E-state index contributed by atoms with van der Waals surface area (Å²) in [4.78, 5) is 6.45. The maximum atomic E-state index is 8.78. The normalized spacial score (nSPS) is 11.9. The van der Waals surface area contributed by atoms with E-state index >= 15 is 0 Å². The first-order valence-electron chi connectivity index (χ1n) is 5.20. The SMILES string of the molecule is Cc1cc(CBr)cnc1N(C)CC(C)C#N. The molecule has 4 heteroatoms. The van der Waals surface area contributed by atoms with Gasteiger partial charge in [-0.25, -0.2) is 4.98 Å². The molecule has 1 atom stereocenters. The van der Waals surface area contributed by atoms with Crippen molar-refractivity contribution >= 4 is 21.7 Å². The molecule has 0 saturated carbocycles. The summed E-state index contributed by atoms with van der Waals surface area (Å²) in [7, 11) is 1.97.